The van der Waals surface area contributed by atoms with Gasteiger partial charge in [-0.1, -0.05) is 76.3 Å². The van der Waals surface area contributed by atoms with Crippen molar-refractivity contribution in [2.75, 3.05) is 26.2 Å². The molecule has 1 aromatic rings. The van der Waals surface area contributed by atoms with Crippen LogP contribution >= 0.6 is 0 Å². The van der Waals surface area contributed by atoms with Crippen molar-refractivity contribution in [3.05, 3.63) is 30.3 Å². The van der Waals surface area contributed by atoms with Crippen LogP contribution in [0.1, 0.15) is 48.5 Å². The van der Waals surface area contributed by atoms with Gasteiger partial charge >= 0.3 is 6.98 Å². The zero-order valence-corrected chi connectivity index (χ0v) is 19.6. The van der Waals surface area contributed by atoms with Crippen LogP contribution in [0.25, 0.3) is 0 Å². The van der Waals surface area contributed by atoms with Crippen LogP contribution in [0.3, 0.4) is 0 Å². The van der Waals surface area contributed by atoms with Crippen molar-refractivity contribution in [3.8, 4) is 0 Å². The highest BCUT2D eigenvalue weighted by atomic mass is 28.3. The maximum absolute atomic E-state index is 5.39. The summed E-state index contributed by atoms with van der Waals surface area (Å²) in [6, 6.07) is 11.0. The summed E-state index contributed by atoms with van der Waals surface area (Å²) < 4.78 is 0. The predicted molar refractivity (Wildman–Crippen MR) is 122 cm³/mol. The van der Waals surface area contributed by atoms with Gasteiger partial charge in [-0.3, -0.25) is 4.99 Å². The Labute approximate surface area is 164 Å². The first-order valence-electron chi connectivity index (χ1n) is 10.3. The summed E-state index contributed by atoms with van der Waals surface area (Å²) in [7, 11) is -1.91. The van der Waals surface area contributed by atoms with Crippen molar-refractivity contribution >= 4 is 25.5 Å². The molecule has 1 aromatic carbocycles. The number of hydrogen-bond acceptors (Lipinski definition) is 3. The van der Waals surface area contributed by atoms with E-state index in [-0.39, 0.29) is 12.5 Å². The fraction of sp³-hybridized carbons (Fsp3) is 0.667. The van der Waals surface area contributed by atoms with E-state index in [1.807, 2.05) is 0 Å². The molecular formula is C21H40BN3Si. The molecule has 0 saturated carbocycles. The van der Waals surface area contributed by atoms with Crippen molar-refractivity contribution in [1.82, 2.24) is 9.62 Å². The second kappa shape index (κ2) is 9.86. The van der Waals surface area contributed by atoms with Gasteiger partial charge in [-0.15, -0.1) is 0 Å². The van der Waals surface area contributed by atoms with E-state index in [9.17, 15) is 0 Å². The molecule has 1 rings (SSSR count). The third-order valence-electron chi connectivity index (χ3n) is 5.15. The third-order valence-corrected chi connectivity index (χ3v) is 8.58. The SMILES string of the molecule is CCN(CC)B(C(=NC(C)(C)C)[Si](C)(C)c1ccccc1)N(CC)CC. The van der Waals surface area contributed by atoms with E-state index in [2.05, 4.69) is 102 Å². The van der Waals surface area contributed by atoms with Gasteiger partial charge in [-0.25, -0.2) is 0 Å². The molecule has 0 unspecified atom stereocenters. The molecule has 5 heteroatoms. The molecule has 0 aliphatic carbocycles. The summed E-state index contributed by atoms with van der Waals surface area (Å²) in [5.74, 6) is 0. The smallest absolute Gasteiger partial charge is 0.324 e. The van der Waals surface area contributed by atoms with Crippen LogP contribution in [-0.4, -0.2) is 61.6 Å². The standard InChI is InChI=1S/C21H40BN3Si/c1-10-24(11-2)22(25(12-3)13-4)20(23-21(5,6)7)26(8,9)19-17-15-14-16-18-19/h14-18H,10-13H2,1-9H3. The molecule has 0 N–H and O–H groups in total. The maximum Gasteiger partial charge on any atom is 0.356 e. The fourth-order valence-electron chi connectivity index (χ4n) is 3.60. The van der Waals surface area contributed by atoms with Gasteiger partial charge in [0.1, 0.15) is 8.07 Å². The number of hydrogen-bond donors (Lipinski definition) is 0. The molecule has 0 bridgehead atoms. The van der Waals surface area contributed by atoms with Gasteiger partial charge in [0.15, 0.2) is 0 Å². The Balaban J connectivity index is 3.63. The molecule has 0 aromatic heterocycles. The van der Waals surface area contributed by atoms with E-state index in [1.54, 1.807) is 0 Å². The van der Waals surface area contributed by atoms with Gasteiger partial charge in [0.25, 0.3) is 0 Å². The summed E-state index contributed by atoms with van der Waals surface area (Å²) in [5, 5.41) is 2.87. The zero-order chi connectivity index (χ0) is 20.0. The molecule has 0 spiro atoms. The molecule has 0 amide bonds. The molecule has 0 aliphatic heterocycles. The van der Waals surface area contributed by atoms with E-state index < -0.39 is 8.07 Å². The lowest BCUT2D eigenvalue weighted by molar-refractivity contribution is 0.390. The van der Waals surface area contributed by atoms with Crippen LogP contribution in [0.2, 0.25) is 13.1 Å². The summed E-state index contributed by atoms with van der Waals surface area (Å²) in [4.78, 5) is 10.5. The third kappa shape index (κ3) is 5.80. The maximum atomic E-state index is 5.39. The largest absolute Gasteiger partial charge is 0.356 e. The molecule has 26 heavy (non-hydrogen) atoms. The first-order chi connectivity index (χ1) is 12.1. The lowest BCUT2D eigenvalue weighted by Gasteiger charge is -2.41. The second-order valence-electron chi connectivity index (χ2n) is 8.47. The van der Waals surface area contributed by atoms with E-state index >= 15 is 0 Å². The quantitative estimate of drug-likeness (QED) is 0.480. The van der Waals surface area contributed by atoms with E-state index in [1.165, 1.54) is 10.4 Å². The Hall–Kier alpha value is -0.908. The first-order valence-corrected chi connectivity index (χ1v) is 13.3. The molecule has 0 fully saturated rings. The van der Waals surface area contributed by atoms with Gasteiger partial charge in [0.05, 0.1) is 5.54 Å². The van der Waals surface area contributed by atoms with Gasteiger partial charge in [0.2, 0.25) is 0 Å². The summed E-state index contributed by atoms with van der Waals surface area (Å²) in [5.41, 5.74) is -0.0764. The molecule has 0 saturated heterocycles. The zero-order valence-electron chi connectivity index (χ0n) is 18.6. The number of nitrogens with zero attached hydrogens (tertiary/aromatic N) is 3. The monoisotopic (exact) mass is 373 g/mol. The van der Waals surface area contributed by atoms with Gasteiger partial charge in [-0.05, 0) is 47.0 Å². The Morgan fingerprint density at radius 3 is 1.65 bits per heavy atom. The van der Waals surface area contributed by atoms with E-state index in [4.69, 9.17) is 4.99 Å². The predicted octanol–water partition coefficient (Wildman–Crippen LogP) is 4.09. The van der Waals surface area contributed by atoms with Crippen LogP contribution in [0.5, 0.6) is 0 Å². The molecule has 146 valence electrons. The fourth-order valence-corrected chi connectivity index (χ4v) is 6.55. The lowest BCUT2D eigenvalue weighted by Crippen LogP contribution is -2.67. The average Bonchev–Trinajstić information content (AvgIpc) is 2.60. The minimum Gasteiger partial charge on any atom is -0.324 e. The van der Waals surface area contributed by atoms with Crippen LogP contribution in [0.15, 0.2) is 35.3 Å². The van der Waals surface area contributed by atoms with Gasteiger partial charge in [0, 0.05) is 5.23 Å². The number of benzene rings is 1. The minimum atomic E-state index is -1.91. The Kier molecular flexibility index (Phi) is 8.77. The minimum absolute atomic E-state index is 0.0764. The molecular weight excluding hydrogens is 333 g/mol. The summed E-state index contributed by atoms with van der Waals surface area (Å²) >= 11 is 0. The van der Waals surface area contributed by atoms with E-state index in [0.29, 0.717) is 0 Å². The Morgan fingerprint density at radius 1 is 0.885 bits per heavy atom. The average molecular weight is 373 g/mol. The van der Waals surface area contributed by atoms with Crippen molar-refractivity contribution < 1.29 is 0 Å². The summed E-state index contributed by atoms with van der Waals surface area (Å²) in [6.07, 6.45) is 0. The van der Waals surface area contributed by atoms with Gasteiger partial charge in [-0.2, -0.15) is 0 Å². The molecule has 0 aliphatic rings. The highest BCUT2D eigenvalue weighted by Crippen LogP contribution is 2.19. The Morgan fingerprint density at radius 2 is 1.31 bits per heavy atom. The van der Waals surface area contributed by atoms with Crippen LogP contribution < -0.4 is 5.19 Å². The highest BCUT2D eigenvalue weighted by Gasteiger charge is 2.43. The molecule has 0 atom stereocenters. The second-order valence-corrected chi connectivity index (χ2v) is 12.8. The van der Waals surface area contributed by atoms with Crippen molar-refractivity contribution in [3.63, 3.8) is 0 Å². The molecule has 0 heterocycles. The highest BCUT2D eigenvalue weighted by molar-refractivity contribution is 7.30. The van der Waals surface area contributed by atoms with Crippen molar-refractivity contribution in [2.45, 2.75) is 67.1 Å². The van der Waals surface area contributed by atoms with Gasteiger partial charge < -0.3 is 9.62 Å². The lowest BCUT2D eigenvalue weighted by atomic mass is 9.71. The van der Waals surface area contributed by atoms with Crippen LogP contribution in [0, 0.1) is 0 Å². The molecule has 3 nitrogen and oxygen atoms in total. The first kappa shape index (κ1) is 23.1. The normalized spacial score (nSPS) is 13.6. The van der Waals surface area contributed by atoms with Crippen LogP contribution in [-0.2, 0) is 0 Å². The molecule has 0 radical (unpaired) electrons. The topological polar surface area (TPSA) is 18.8 Å². The Bertz CT molecular complexity index is 546. The van der Waals surface area contributed by atoms with Crippen molar-refractivity contribution in [2.24, 2.45) is 4.99 Å². The van der Waals surface area contributed by atoms with Crippen molar-refractivity contribution in [1.29, 1.82) is 0 Å². The summed E-state index contributed by atoms with van der Waals surface area (Å²) in [6.45, 7) is 25.1. The van der Waals surface area contributed by atoms with E-state index in [0.717, 1.165) is 26.2 Å². The van der Waals surface area contributed by atoms with Crippen LogP contribution in [0.4, 0.5) is 0 Å². The number of rotatable bonds is 9. The number of aliphatic imine (C=N–C) groups is 1.